The summed E-state index contributed by atoms with van der Waals surface area (Å²) in [4.78, 5) is 12.0. The second-order valence-corrected chi connectivity index (χ2v) is 4.58. The third-order valence-corrected chi connectivity index (χ3v) is 3.14. The molecule has 20 heavy (non-hydrogen) atoms. The number of nitrogens with one attached hydrogen (secondary N) is 1. The number of hydrogen-bond acceptors (Lipinski definition) is 2. The molecule has 0 aliphatic carbocycles. The molecule has 3 N–H and O–H groups in total. The molecule has 2 aromatic rings. The first-order valence-corrected chi connectivity index (χ1v) is 6.50. The number of carbonyl (C=O) groups is 1. The molecule has 1 amide bonds. The lowest BCUT2D eigenvalue weighted by Crippen LogP contribution is -2.21. The highest BCUT2D eigenvalue weighted by molar-refractivity contribution is 5.91. The van der Waals surface area contributed by atoms with Gasteiger partial charge in [-0.25, -0.2) is 4.39 Å². The highest BCUT2D eigenvalue weighted by atomic mass is 19.1. The van der Waals surface area contributed by atoms with Gasteiger partial charge in [-0.1, -0.05) is 42.5 Å². The average molecular weight is 272 g/mol. The Bertz CT molecular complexity index is 572. The van der Waals surface area contributed by atoms with Crippen LogP contribution in [-0.2, 0) is 4.79 Å². The van der Waals surface area contributed by atoms with Gasteiger partial charge in [0.1, 0.15) is 5.82 Å². The van der Waals surface area contributed by atoms with Gasteiger partial charge < -0.3 is 11.1 Å². The van der Waals surface area contributed by atoms with Crippen LogP contribution in [0.1, 0.15) is 17.9 Å². The fourth-order valence-electron chi connectivity index (χ4n) is 2.05. The summed E-state index contributed by atoms with van der Waals surface area (Å²) in [7, 11) is 0. The van der Waals surface area contributed by atoms with Crippen LogP contribution in [0.4, 0.5) is 10.1 Å². The Morgan fingerprint density at radius 3 is 2.40 bits per heavy atom. The van der Waals surface area contributed by atoms with E-state index in [-0.39, 0.29) is 23.9 Å². The number of halogens is 1. The number of nitrogens with two attached hydrogens (primary N) is 1. The van der Waals surface area contributed by atoms with E-state index in [1.165, 1.54) is 12.1 Å². The number of hydrogen-bond donors (Lipinski definition) is 2. The number of para-hydroxylation sites is 1. The predicted octanol–water partition coefficient (Wildman–Crippen LogP) is 2.90. The molecule has 0 aliphatic rings. The van der Waals surface area contributed by atoms with E-state index in [9.17, 15) is 9.18 Å². The van der Waals surface area contributed by atoms with Crippen molar-refractivity contribution in [3.8, 4) is 0 Å². The minimum Gasteiger partial charge on any atom is -0.330 e. The summed E-state index contributed by atoms with van der Waals surface area (Å²) < 4.78 is 13.5. The van der Waals surface area contributed by atoms with Crippen molar-refractivity contribution in [3.63, 3.8) is 0 Å². The third kappa shape index (κ3) is 3.65. The Hall–Kier alpha value is -2.20. The van der Waals surface area contributed by atoms with E-state index in [0.717, 1.165) is 5.56 Å². The van der Waals surface area contributed by atoms with Gasteiger partial charge in [0.2, 0.25) is 5.91 Å². The quantitative estimate of drug-likeness (QED) is 0.879. The molecule has 0 saturated heterocycles. The summed E-state index contributed by atoms with van der Waals surface area (Å²) in [5.74, 6) is -0.748. The van der Waals surface area contributed by atoms with Gasteiger partial charge >= 0.3 is 0 Å². The van der Waals surface area contributed by atoms with Crippen LogP contribution < -0.4 is 11.1 Å². The van der Waals surface area contributed by atoms with Crippen molar-refractivity contribution in [2.24, 2.45) is 5.73 Å². The molecule has 0 heterocycles. The molecule has 1 unspecified atom stereocenters. The minimum atomic E-state index is -0.440. The van der Waals surface area contributed by atoms with Gasteiger partial charge in [0.25, 0.3) is 0 Å². The minimum absolute atomic E-state index is 0.0667. The summed E-state index contributed by atoms with van der Waals surface area (Å²) in [6, 6.07) is 15.7. The zero-order valence-corrected chi connectivity index (χ0v) is 11.1. The number of anilines is 1. The second-order valence-electron chi connectivity index (χ2n) is 4.58. The van der Waals surface area contributed by atoms with Crippen molar-refractivity contribution < 1.29 is 9.18 Å². The Kier molecular flexibility index (Phi) is 4.85. The summed E-state index contributed by atoms with van der Waals surface area (Å²) in [5, 5.41) is 2.58. The molecule has 0 spiro atoms. The lowest BCUT2D eigenvalue weighted by molar-refractivity contribution is -0.116. The van der Waals surface area contributed by atoms with Crippen LogP contribution in [0.25, 0.3) is 0 Å². The Morgan fingerprint density at radius 1 is 1.10 bits per heavy atom. The normalized spacial score (nSPS) is 11.9. The van der Waals surface area contributed by atoms with Gasteiger partial charge in [0, 0.05) is 12.3 Å². The van der Waals surface area contributed by atoms with E-state index in [1.54, 1.807) is 12.1 Å². The van der Waals surface area contributed by atoms with E-state index in [4.69, 9.17) is 5.73 Å². The molecule has 1 atom stereocenters. The van der Waals surface area contributed by atoms with E-state index < -0.39 is 5.82 Å². The van der Waals surface area contributed by atoms with Crippen LogP contribution >= 0.6 is 0 Å². The number of benzene rings is 2. The summed E-state index contributed by atoms with van der Waals surface area (Å²) in [5.41, 5.74) is 6.93. The van der Waals surface area contributed by atoms with Crippen molar-refractivity contribution >= 4 is 11.6 Å². The van der Waals surface area contributed by atoms with Crippen LogP contribution in [0, 0.1) is 5.82 Å². The SMILES string of the molecule is NCC(CC(=O)Nc1ccccc1F)c1ccccc1. The van der Waals surface area contributed by atoms with Gasteiger partial charge in [-0.3, -0.25) is 4.79 Å². The second kappa shape index (κ2) is 6.82. The molecular weight excluding hydrogens is 255 g/mol. The summed E-state index contributed by atoms with van der Waals surface area (Å²) in [6.45, 7) is 0.370. The third-order valence-electron chi connectivity index (χ3n) is 3.14. The van der Waals surface area contributed by atoms with Crippen molar-refractivity contribution in [3.05, 3.63) is 66.0 Å². The molecule has 0 saturated carbocycles. The highest BCUT2D eigenvalue weighted by Gasteiger charge is 2.15. The first-order valence-electron chi connectivity index (χ1n) is 6.50. The maximum Gasteiger partial charge on any atom is 0.225 e. The van der Waals surface area contributed by atoms with Crippen LogP contribution in [0.2, 0.25) is 0 Å². The molecular formula is C16H17FN2O. The summed E-state index contributed by atoms with van der Waals surface area (Å²) in [6.07, 6.45) is 0.231. The number of amides is 1. The van der Waals surface area contributed by atoms with E-state index in [0.29, 0.717) is 6.54 Å². The fourth-order valence-corrected chi connectivity index (χ4v) is 2.05. The largest absolute Gasteiger partial charge is 0.330 e. The topological polar surface area (TPSA) is 55.1 Å². The average Bonchev–Trinajstić information content (AvgIpc) is 2.48. The maximum atomic E-state index is 13.5. The van der Waals surface area contributed by atoms with Crippen LogP contribution in [-0.4, -0.2) is 12.5 Å². The predicted molar refractivity (Wildman–Crippen MR) is 77.9 cm³/mol. The smallest absolute Gasteiger partial charge is 0.225 e. The van der Waals surface area contributed by atoms with Crippen molar-refractivity contribution in [2.45, 2.75) is 12.3 Å². The van der Waals surface area contributed by atoms with Gasteiger partial charge in [0.15, 0.2) is 0 Å². The monoisotopic (exact) mass is 272 g/mol. The Labute approximate surface area is 117 Å². The Morgan fingerprint density at radius 2 is 1.75 bits per heavy atom. The molecule has 2 aromatic carbocycles. The lowest BCUT2D eigenvalue weighted by atomic mass is 9.95. The fraction of sp³-hybridized carbons (Fsp3) is 0.188. The van der Waals surface area contributed by atoms with Crippen molar-refractivity contribution in [1.29, 1.82) is 0 Å². The molecule has 0 radical (unpaired) electrons. The molecule has 2 rings (SSSR count). The van der Waals surface area contributed by atoms with Crippen LogP contribution in [0.3, 0.4) is 0 Å². The molecule has 0 fully saturated rings. The zero-order valence-electron chi connectivity index (χ0n) is 11.1. The van der Waals surface area contributed by atoms with Crippen molar-refractivity contribution in [1.82, 2.24) is 0 Å². The molecule has 3 nitrogen and oxygen atoms in total. The van der Waals surface area contributed by atoms with E-state index in [2.05, 4.69) is 5.32 Å². The van der Waals surface area contributed by atoms with Gasteiger partial charge in [0.05, 0.1) is 5.69 Å². The van der Waals surface area contributed by atoms with Gasteiger partial charge in [-0.2, -0.15) is 0 Å². The Balaban J connectivity index is 2.02. The van der Waals surface area contributed by atoms with Crippen LogP contribution in [0.15, 0.2) is 54.6 Å². The van der Waals surface area contributed by atoms with E-state index in [1.807, 2.05) is 30.3 Å². The first kappa shape index (κ1) is 14.2. The lowest BCUT2D eigenvalue weighted by Gasteiger charge is -2.15. The number of rotatable bonds is 5. The number of carbonyl (C=O) groups excluding carboxylic acids is 1. The molecule has 104 valence electrons. The molecule has 0 aliphatic heterocycles. The van der Waals surface area contributed by atoms with E-state index >= 15 is 0 Å². The standard InChI is InChI=1S/C16H17FN2O/c17-14-8-4-5-9-15(14)19-16(20)10-13(11-18)12-6-2-1-3-7-12/h1-9,13H,10-11,18H2,(H,19,20). The van der Waals surface area contributed by atoms with Crippen LogP contribution in [0.5, 0.6) is 0 Å². The zero-order chi connectivity index (χ0) is 14.4. The van der Waals surface area contributed by atoms with Gasteiger partial charge in [-0.05, 0) is 24.2 Å². The molecule has 4 heteroatoms. The summed E-state index contributed by atoms with van der Waals surface area (Å²) >= 11 is 0. The highest BCUT2D eigenvalue weighted by Crippen LogP contribution is 2.20. The van der Waals surface area contributed by atoms with Gasteiger partial charge in [-0.15, -0.1) is 0 Å². The molecule has 0 aromatic heterocycles. The maximum absolute atomic E-state index is 13.5. The first-order chi connectivity index (χ1) is 9.70. The molecule has 0 bridgehead atoms. The van der Waals surface area contributed by atoms with Crippen molar-refractivity contribution in [2.75, 3.05) is 11.9 Å².